The maximum absolute atomic E-state index is 8.40. The molecular weight excluding hydrogens is 182 g/mol. The van der Waals surface area contributed by atoms with Gasteiger partial charge in [-0.3, -0.25) is 0 Å². The molecule has 0 saturated carbocycles. The van der Waals surface area contributed by atoms with Crippen molar-refractivity contribution in [2.45, 2.75) is 39.3 Å². The number of nitrogens with zero attached hydrogens (tertiary/aromatic N) is 1. The lowest BCUT2D eigenvalue weighted by atomic mass is 9.92. The molecule has 0 amide bonds. The van der Waals surface area contributed by atoms with E-state index in [-0.39, 0.29) is 16.8 Å². The van der Waals surface area contributed by atoms with Gasteiger partial charge in [-0.2, -0.15) is 0 Å². The maximum Gasteiger partial charge on any atom is 0.0431 e. The van der Waals surface area contributed by atoms with Gasteiger partial charge in [0.15, 0.2) is 0 Å². The van der Waals surface area contributed by atoms with E-state index in [1.54, 1.807) is 0 Å². The molecule has 0 aliphatic heterocycles. The van der Waals surface area contributed by atoms with Crippen molar-refractivity contribution in [2.75, 3.05) is 19.0 Å². The maximum atomic E-state index is 8.40. The molecule has 0 radical (unpaired) electrons. The van der Waals surface area contributed by atoms with Crippen LogP contribution in [0.2, 0.25) is 0 Å². The molecule has 1 aromatic carbocycles. The minimum Gasteiger partial charge on any atom is -0.377 e. The van der Waals surface area contributed by atoms with Gasteiger partial charge in [0.2, 0.25) is 0 Å². The molecule has 1 nitrogen and oxygen atoms in total. The molecule has 0 spiro atoms. The Hall–Kier alpha value is -0.980. The third kappa shape index (κ3) is 2.53. The Balaban J connectivity index is 4.00. The summed E-state index contributed by atoms with van der Waals surface area (Å²) >= 11 is 0. The zero-order chi connectivity index (χ0) is 20.9. The summed E-state index contributed by atoms with van der Waals surface area (Å²) in [5, 5.41) is 0. The Kier molecular flexibility index (Phi) is 1.19. The fourth-order valence-electron chi connectivity index (χ4n) is 1.53. The predicted octanol–water partition coefficient (Wildman–Crippen LogP) is 4.00. The van der Waals surface area contributed by atoms with Gasteiger partial charge < -0.3 is 4.90 Å². The fourth-order valence-corrected chi connectivity index (χ4v) is 1.53. The molecule has 1 heteroatoms. The van der Waals surface area contributed by atoms with Crippen molar-refractivity contribution in [2.24, 2.45) is 0 Å². The first kappa shape index (κ1) is 3.80. The summed E-state index contributed by atoms with van der Waals surface area (Å²) in [6.07, 6.45) is 0. The van der Waals surface area contributed by atoms with E-state index in [0.717, 1.165) is 6.92 Å². The highest BCUT2D eigenvalue weighted by Crippen LogP contribution is 2.33. The molecule has 0 saturated heterocycles. The number of hydrogen-bond donors (Lipinski definition) is 0. The SMILES string of the molecule is [2H]C([2H])([2H])C([2H])(C)c1cccc(C([2H])(C([2H])([2H])[2H])C([2H])([2H])[2H])c1N(C)C. The summed E-state index contributed by atoms with van der Waals surface area (Å²) in [5.74, 6) is -5.12. The largest absolute Gasteiger partial charge is 0.377 e. The zero-order valence-corrected chi connectivity index (χ0v) is 9.18. The number of rotatable bonds is 3. The minimum atomic E-state index is -3.21. The smallest absolute Gasteiger partial charge is 0.0431 e. The lowest BCUT2D eigenvalue weighted by molar-refractivity contribution is 0.822. The predicted molar refractivity (Wildman–Crippen MR) is 68.9 cm³/mol. The molecule has 0 fully saturated rings. The number of anilines is 1. The summed E-state index contributed by atoms with van der Waals surface area (Å²) in [4.78, 5) is 1.35. The third-order valence-corrected chi connectivity index (χ3v) is 2.16. The summed E-state index contributed by atoms with van der Waals surface area (Å²) in [5.41, 5.74) is -0.476. The van der Waals surface area contributed by atoms with E-state index in [4.69, 9.17) is 15.1 Å². The van der Waals surface area contributed by atoms with Crippen LogP contribution in [0.5, 0.6) is 0 Å². The van der Waals surface area contributed by atoms with Gasteiger partial charge in [0.25, 0.3) is 0 Å². The Morgan fingerprint density at radius 1 is 1.13 bits per heavy atom. The average molecular weight is 216 g/mol. The topological polar surface area (TPSA) is 3.24 Å². The molecule has 0 bridgehead atoms. The highest BCUT2D eigenvalue weighted by molar-refractivity contribution is 5.61. The van der Waals surface area contributed by atoms with Crippen LogP contribution >= 0.6 is 0 Å². The Bertz CT molecular complexity index is 638. The molecular formula is C14H23N. The Morgan fingerprint density at radius 2 is 1.67 bits per heavy atom. The van der Waals surface area contributed by atoms with Gasteiger partial charge in [-0.15, -0.1) is 0 Å². The fraction of sp³-hybridized carbons (Fsp3) is 0.571. The van der Waals surface area contributed by atoms with Crippen molar-refractivity contribution in [3.05, 3.63) is 29.3 Å². The summed E-state index contributed by atoms with van der Waals surface area (Å²) in [6, 6.07) is 3.83. The van der Waals surface area contributed by atoms with Crippen molar-refractivity contribution in [3.63, 3.8) is 0 Å². The third-order valence-electron chi connectivity index (χ3n) is 2.16. The number of hydrogen-bond acceptors (Lipinski definition) is 1. The molecule has 84 valence electrons. The van der Waals surface area contributed by atoms with Gasteiger partial charge in [-0.05, 0) is 22.9 Å². The van der Waals surface area contributed by atoms with Crippen molar-refractivity contribution in [3.8, 4) is 0 Å². The molecule has 0 aromatic heterocycles. The highest BCUT2D eigenvalue weighted by atomic mass is 15.1. The van der Waals surface area contributed by atoms with Crippen molar-refractivity contribution in [1.82, 2.24) is 0 Å². The average Bonchev–Trinajstić information content (AvgIpc) is 2.41. The molecule has 1 unspecified atom stereocenters. The van der Waals surface area contributed by atoms with Crippen LogP contribution in [0.25, 0.3) is 0 Å². The molecule has 1 aromatic rings. The monoisotopic (exact) mass is 216 g/mol. The normalized spacial score (nSPS) is 29.1. The first-order valence-corrected chi connectivity index (χ1v) is 4.61. The standard InChI is InChI=1S/C14H23N/c1-10(2)12-8-7-9-13(11(3)4)14(12)15(5)6/h7-11H,1-6H3/i1D3,2D3,3D3,10D,11D. The second-order valence-corrected chi connectivity index (χ2v) is 3.60. The molecule has 0 N–H and O–H groups in total. The van der Waals surface area contributed by atoms with E-state index in [9.17, 15) is 0 Å². The minimum absolute atomic E-state index is 0.0524. The molecule has 0 heterocycles. The highest BCUT2D eigenvalue weighted by Gasteiger charge is 2.14. The van der Waals surface area contributed by atoms with Crippen LogP contribution in [-0.4, -0.2) is 14.1 Å². The van der Waals surface area contributed by atoms with Gasteiger partial charge >= 0.3 is 0 Å². The van der Waals surface area contributed by atoms with Crippen LogP contribution in [0.1, 0.15) is 65.5 Å². The quantitative estimate of drug-likeness (QED) is 0.738. The van der Waals surface area contributed by atoms with Crippen LogP contribution in [0.4, 0.5) is 5.69 Å². The first-order chi connectivity index (χ1) is 11.3. The lowest BCUT2D eigenvalue weighted by Crippen LogP contribution is -2.15. The van der Waals surface area contributed by atoms with E-state index in [1.165, 1.54) is 37.2 Å². The van der Waals surface area contributed by atoms with Gasteiger partial charge in [-0.25, -0.2) is 0 Å². The number of para-hydroxylation sites is 1. The van der Waals surface area contributed by atoms with Crippen LogP contribution in [0.15, 0.2) is 18.2 Å². The van der Waals surface area contributed by atoms with Crippen LogP contribution in [0, 0.1) is 0 Å². The molecule has 1 rings (SSSR count). The molecule has 0 aliphatic carbocycles. The van der Waals surface area contributed by atoms with Crippen LogP contribution in [0.3, 0.4) is 0 Å². The van der Waals surface area contributed by atoms with Gasteiger partial charge in [0.05, 0.1) is 0 Å². The van der Waals surface area contributed by atoms with Crippen LogP contribution in [-0.2, 0) is 0 Å². The molecule has 1 atom stereocenters. The van der Waals surface area contributed by atoms with Crippen molar-refractivity contribution in [1.29, 1.82) is 0 Å². The lowest BCUT2D eigenvalue weighted by Gasteiger charge is -2.25. The van der Waals surface area contributed by atoms with Crippen LogP contribution < -0.4 is 4.90 Å². The zero-order valence-electron chi connectivity index (χ0n) is 20.2. The van der Waals surface area contributed by atoms with E-state index in [0.29, 0.717) is 0 Å². The van der Waals surface area contributed by atoms with E-state index in [1.807, 2.05) is 0 Å². The summed E-state index contributed by atoms with van der Waals surface area (Å²) in [6.45, 7) is -8.01. The van der Waals surface area contributed by atoms with E-state index < -0.39 is 32.3 Å². The van der Waals surface area contributed by atoms with Crippen molar-refractivity contribution >= 4 is 5.69 Å². The molecule has 0 aliphatic rings. The molecule has 15 heavy (non-hydrogen) atoms. The second kappa shape index (κ2) is 4.69. The first-order valence-electron chi connectivity index (χ1n) is 10.1. The van der Waals surface area contributed by atoms with E-state index >= 15 is 0 Å². The number of benzene rings is 1. The van der Waals surface area contributed by atoms with E-state index in [2.05, 4.69) is 0 Å². The van der Waals surface area contributed by atoms with Gasteiger partial charge in [0.1, 0.15) is 0 Å². The second-order valence-electron chi connectivity index (χ2n) is 3.60. The van der Waals surface area contributed by atoms with Gasteiger partial charge in [-0.1, -0.05) is 45.7 Å². The van der Waals surface area contributed by atoms with Gasteiger partial charge in [0, 0.05) is 34.9 Å². The van der Waals surface area contributed by atoms with Crippen molar-refractivity contribution < 1.29 is 15.1 Å². The Labute approximate surface area is 110 Å². The Morgan fingerprint density at radius 3 is 2.13 bits per heavy atom. The summed E-state index contributed by atoms with van der Waals surface area (Å²) < 4.78 is 85.7. The summed E-state index contributed by atoms with van der Waals surface area (Å²) in [7, 11) is 2.97.